The Morgan fingerprint density at radius 3 is 2.71 bits per heavy atom. The van der Waals surface area contributed by atoms with Crippen LogP contribution >= 0.6 is 23.1 Å². The van der Waals surface area contributed by atoms with E-state index in [1.165, 1.54) is 23.1 Å². The van der Waals surface area contributed by atoms with E-state index in [1.807, 2.05) is 61.2 Å². The van der Waals surface area contributed by atoms with Crippen molar-refractivity contribution in [2.75, 3.05) is 5.32 Å². The van der Waals surface area contributed by atoms with Crippen LogP contribution in [0.5, 0.6) is 0 Å². The van der Waals surface area contributed by atoms with Crippen LogP contribution in [0.2, 0.25) is 0 Å². The molecule has 124 valence electrons. The maximum atomic E-state index is 12.4. The molecule has 2 heterocycles. The fourth-order valence-corrected chi connectivity index (χ4v) is 3.56. The minimum Gasteiger partial charge on any atom is -0.309 e. The Morgan fingerprint density at radius 1 is 1.29 bits per heavy atom. The number of amides is 1. The maximum Gasteiger partial charge on any atom is 0.239 e. The number of carbonyl (C=O) groups is 1. The Balaban J connectivity index is 1.64. The summed E-state index contributed by atoms with van der Waals surface area (Å²) in [6.07, 6.45) is 0. The number of anilines is 1. The third-order valence-electron chi connectivity index (χ3n) is 3.51. The lowest BCUT2D eigenvalue weighted by molar-refractivity contribution is -0.115. The SMILES string of the molecule is Cc1nnc(S[C@H](C)C(=O)Nc2nc(-c3ccccc3)cs2)n1C. The molecule has 3 aromatic rings. The fraction of sp³-hybridized carbons (Fsp3) is 0.250. The number of thiazole rings is 1. The van der Waals surface area contributed by atoms with Gasteiger partial charge < -0.3 is 9.88 Å². The number of carbonyl (C=O) groups excluding carboxylic acids is 1. The Morgan fingerprint density at radius 2 is 2.04 bits per heavy atom. The summed E-state index contributed by atoms with van der Waals surface area (Å²) in [4.78, 5) is 16.8. The van der Waals surface area contributed by atoms with Crippen molar-refractivity contribution < 1.29 is 4.79 Å². The van der Waals surface area contributed by atoms with Gasteiger partial charge >= 0.3 is 0 Å². The lowest BCUT2D eigenvalue weighted by Crippen LogP contribution is -2.22. The second-order valence-corrected chi connectivity index (χ2v) is 7.41. The van der Waals surface area contributed by atoms with E-state index in [2.05, 4.69) is 20.5 Å². The number of aryl methyl sites for hydroxylation is 1. The average Bonchev–Trinajstić information content (AvgIpc) is 3.17. The highest BCUT2D eigenvalue weighted by Gasteiger charge is 2.19. The van der Waals surface area contributed by atoms with Gasteiger partial charge in [0.05, 0.1) is 10.9 Å². The molecule has 0 aliphatic rings. The topological polar surface area (TPSA) is 72.7 Å². The highest BCUT2D eigenvalue weighted by Crippen LogP contribution is 2.26. The van der Waals surface area contributed by atoms with Crippen LogP contribution in [0.25, 0.3) is 11.3 Å². The summed E-state index contributed by atoms with van der Waals surface area (Å²) in [6, 6.07) is 9.89. The summed E-state index contributed by atoms with van der Waals surface area (Å²) in [6.45, 7) is 3.72. The van der Waals surface area contributed by atoms with Gasteiger partial charge in [-0.2, -0.15) is 0 Å². The summed E-state index contributed by atoms with van der Waals surface area (Å²) in [5.74, 6) is 0.715. The molecule has 0 saturated heterocycles. The molecule has 1 atom stereocenters. The van der Waals surface area contributed by atoms with Crippen LogP contribution in [0.4, 0.5) is 5.13 Å². The van der Waals surface area contributed by atoms with Crippen molar-refractivity contribution >= 4 is 34.1 Å². The van der Waals surface area contributed by atoms with E-state index in [0.29, 0.717) is 5.13 Å². The quantitative estimate of drug-likeness (QED) is 0.707. The molecule has 0 aliphatic heterocycles. The van der Waals surface area contributed by atoms with E-state index in [0.717, 1.165) is 22.2 Å². The van der Waals surface area contributed by atoms with Crippen LogP contribution in [0.15, 0.2) is 40.9 Å². The van der Waals surface area contributed by atoms with Crippen LogP contribution in [-0.2, 0) is 11.8 Å². The Hall–Kier alpha value is -2.19. The lowest BCUT2D eigenvalue weighted by atomic mass is 10.2. The fourth-order valence-electron chi connectivity index (χ4n) is 1.98. The molecule has 1 aromatic carbocycles. The predicted octanol–water partition coefficient (Wildman–Crippen LogP) is 3.37. The third-order valence-corrected chi connectivity index (χ3v) is 5.40. The minimum atomic E-state index is -0.295. The zero-order chi connectivity index (χ0) is 17.1. The number of hydrogen-bond donors (Lipinski definition) is 1. The van der Waals surface area contributed by atoms with Crippen molar-refractivity contribution in [3.05, 3.63) is 41.5 Å². The molecule has 24 heavy (non-hydrogen) atoms. The van der Waals surface area contributed by atoms with E-state index < -0.39 is 0 Å². The third kappa shape index (κ3) is 3.65. The number of nitrogens with one attached hydrogen (secondary N) is 1. The molecular formula is C16H17N5OS2. The molecule has 0 fully saturated rings. The first kappa shape index (κ1) is 16.7. The highest BCUT2D eigenvalue weighted by molar-refractivity contribution is 8.00. The van der Waals surface area contributed by atoms with E-state index in [4.69, 9.17) is 0 Å². The normalized spacial score (nSPS) is 12.1. The largest absolute Gasteiger partial charge is 0.309 e. The van der Waals surface area contributed by atoms with Gasteiger partial charge in [-0.25, -0.2) is 4.98 Å². The molecule has 0 aliphatic carbocycles. The summed E-state index contributed by atoms with van der Waals surface area (Å²) in [5, 5.41) is 13.9. The number of benzene rings is 1. The molecule has 0 saturated carbocycles. The minimum absolute atomic E-state index is 0.102. The van der Waals surface area contributed by atoms with Gasteiger partial charge in [0.2, 0.25) is 5.91 Å². The second kappa shape index (κ2) is 7.14. The van der Waals surface area contributed by atoms with E-state index >= 15 is 0 Å². The van der Waals surface area contributed by atoms with Crippen LogP contribution < -0.4 is 5.32 Å². The number of hydrogen-bond acceptors (Lipinski definition) is 6. The molecule has 8 heteroatoms. The van der Waals surface area contributed by atoms with E-state index in [1.54, 1.807) is 0 Å². The summed E-state index contributed by atoms with van der Waals surface area (Å²) < 4.78 is 1.87. The zero-order valence-electron chi connectivity index (χ0n) is 13.6. The van der Waals surface area contributed by atoms with E-state index in [9.17, 15) is 4.79 Å². The number of aromatic nitrogens is 4. The highest BCUT2D eigenvalue weighted by atomic mass is 32.2. The van der Waals surface area contributed by atoms with Gasteiger partial charge in [0, 0.05) is 18.0 Å². The first-order chi connectivity index (χ1) is 11.5. The number of thioether (sulfide) groups is 1. The van der Waals surface area contributed by atoms with Crippen LogP contribution in [-0.4, -0.2) is 30.9 Å². The number of rotatable bonds is 5. The van der Waals surface area contributed by atoms with Crippen molar-refractivity contribution in [1.82, 2.24) is 19.7 Å². The summed E-state index contributed by atoms with van der Waals surface area (Å²) >= 11 is 2.79. The Bertz CT molecular complexity index is 843. The molecule has 0 radical (unpaired) electrons. The van der Waals surface area contributed by atoms with E-state index in [-0.39, 0.29) is 11.2 Å². The van der Waals surface area contributed by atoms with Crippen molar-refractivity contribution in [2.45, 2.75) is 24.3 Å². The van der Waals surface area contributed by atoms with Crippen molar-refractivity contribution in [3.63, 3.8) is 0 Å². The van der Waals surface area contributed by atoms with Gasteiger partial charge in [0.25, 0.3) is 0 Å². The predicted molar refractivity (Wildman–Crippen MR) is 97.2 cm³/mol. The molecule has 1 amide bonds. The molecule has 3 rings (SSSR count). The van der Waals surface area contributed by atoms with Gasteiger partial charge in [-0.15, -0.1) is 21.5 Å². The summed E-state index contributed by atoms with van der Waals surface area (Å²) in [7, 11) is 1.88. The molecule has 6 nitrogen and oxygen atoms in total. The summed E-state index contributed by atoms with van der Waals surface area (Å²) in [5.41, 5.74) is 1.89. The number of nitrogens with zero attached hydrogens (tertiary/aromatic N) is 4. The zero-order valence-corrected chi connectivity index (χ0v) is 15.2. The first-order valence-corrected chi connectivity index (χ1v) is 9.15. The standard InChI is InChI=1S/C16H17N5OS2/c1-10(24-16-20-19-11(2)21(16)3)14(22)18-15-17-13(9-23-15)12-7-5-4-6-8-12/h4-10H,1-3H3,(H,17,18,22)/t10-/m1/s1. The van der Waals surface area contributed by atoms with Gasteiger partial charge in [-0.05, 0) is 13.8 Å². The van der Waals surface area contributed by atoms with Gasteiger partial charge in [-0.3, -0.25) is 4.79 Å². The van der Waals surface area contributed by atoms with Gasteiger partial charge in [0.1, 0.15) is 5.82 Å². The van der Waals surface area contributed by atoms with Crippen LogP contribution in [0.1, 0.15) is 12.7 Å². The van der Waals surface area contributed by atoms with Crippen molar-refractivity contribution in [1.29, 1.82) is 0 Å². The monoisotopic (exact) mass is 359 g/mol. The molecule has 0 unspecified atom stereocenters. The second-order valence-electron chi connectivity index (χ2n) is 5.24. The molecule has 0 bridgehead atoms. The first-order valence-electron chi connectivity index (χ1n) is 7.39. The Labute approximate surface area is 148 Å². The molecular weight excluding hydrogens is 342 g/mol. The molecule has 1 N–H and O–H groups in total. The maximum absolute atomic E-state index is 12.4. The van der Waals surface area contributed by atoms with Crippen LogP contribution in [0, 0.1) is 6.92 Å². The van der Waals surface area contributed by atoms with Crippen LogP contribution in [0.3, 0.4) is 0 Å². The van der Waals surface area contributed by atoms with Gasteiger partial charge in [0.15, 0.2) is 10.3 Å². The van der Waals surface area contributed by atoms with Crippen molar-refractivity contribution in [2.24, 2.45) is 7.05 Å². The average molecular weight is 359 g/mol. The lowest BCUT2D eigenvalue weighted by Gasteiger charge is -2.09. The Kier molecular flexibility index (Phi) is 4.96. The molecule has 0 spiro atoms. The van der Waals surface area contributed by atoms with Crippen molar-refractivity contribution in [3.8, 4) is 11.3 Å². The smallest absolute Gasteiger partial charge is 0.239 e. The molecule has 2 aromatic heterocycles. The van der Waals surface area contributed by atoms with Gasteiger partial charge in [-0.1, -0.05) is 42.1 Å².